The van der Waals surface area contributed by atoms with Crippen LogP contribution in [0.15, 0.2) is 24.3 Å². The lowest BCUT2D eigenvalue weighted by Crippen LogP contribution is -2.32. The molecule has 2 heteroatoms. The molecule has 0 aliphatic heterocycles. The minimum atomic E-state index is -0.299. The average Bonchev–Trinajstić information content (AvgIpc) is 2.18. The third kappa shape index (κ3) is 2.01. The SMILES string of the molecule is CCC(C)(N)c1ccccc1OC. The van der Waals surface area contributed by atoms with Gasteiger partial charge in [0, 0.05) is 11.1 Å². The molecule has 0 heterocycles. The van der Waals surface area contributed by atoms with Crippen LogP contribution in [0.5, 0.6) is 5.75 Å². The highest BCUT2D eigenvalue weighted by Gasteiger charge is 2.21. The molecule has 0 saturated carbocycles. The molecule has 0 radical (unpaired) electrons. The monoisotopic (exact) mass is 179 g/mol. The highest BCUT2D eigenvalue weighted by molar-refractivity contribution is 5.38. The molecule has 0 amide bonds. The molecule has 0 aliphatic rings. The molecule has 72 valence electrons. The largest absolute Gasteiger partial charge is 0.496 e. The first kappa shape index (κ1) is 10.1. The second kappa shape index (κ2) is 3.79. The summed E-state index contributed by atoms with van der Waals surface area (Å²) in [4.78, 5) is 0. The Morgan fingerprint density at radius 1 is 1.38 bits per heavy atom. The molecular formula is C11H17NO. The molecule has 1 rings (SSSR count). The van der Waals surface area contributed by atoms with Gasteiger partial charge in [0.1, 0.15) is 5.75 Å². The first-order chi connectivity index (χ1) is 6.11. The number of methoxy groups -OCH3 is 1. The number of rotatable bonds is 3. The number of hydrogen-bond acceptors (Lipinski definition) is 2. The zero-order valence-corrected chi connectivity index (χ0v) is 8.50. The second-order valence-corrected chi connectivity index (χ2v) is 3.47. The molecule has 1 aromatic carbocycles. The van der Waals surface area contributed by atoms with Crippen LogP contribution in [-0.4, -0.2) is 7.11 Å². The van der Waals surface area contributed by atoms with Crippen LogP contribution in [0.2, 0.25) is 0 Å². The average molecular weight is 179 g/mol. The van der Waals surface area contributed by atoms with Crippen molar-refractivity contribution in [3.05, 3.63) is 29.8 Å². The van der Waals surface area contributed by atoms with E-state index in [-0.39, 0.29) is 5.54 Å². The van der Waals surface area contributed by atoms with Crippen molar-refractivity contribution < 1.29 is 4.74 Å². The minimum Gasteiger partial charge on any atom is -0.496 e. The van der Waals surface area contributed by atoms with Gasteiger partial charge in [-0.1, -0.05) is 25.1 Å². The van der Waals surface area contributed by atoms with Gasteiger partial charge in [0.25, 0.3) is 0 Å². The summed E-state index contributed by atoms with van der Waals surface area (Å²) in [5.74, 6) is 0.870. The highest BCUT2D eigenvalue weighted by atomic mass is 16.5. The van der Waals surface area contributed by atoms with Gasteiger partial charge in [-0.25, -0.2) is 0 Å². The first-order valence-corrected chi connectivity index (χ1v) is 4.54. The van der Waals surface area contributed by atoms with Gasteiger partial charge in [0.2, 0.25) is 0 Å². The Labute approximate surface area is 79.7 Å². The normalized spacial score (nSPS) is 15.1. The Hall–Kier alpha value is -1.02. The van der Waals surface area contributed by atoms with Gasteiger partial charge in [-0.3, -0.25) is 0 Å². The molecule has 0 aliphatic carbocycles. The molecule has 1 aromatic rings. The van der Waals surface area contributed by atoms with Crippen molar-refractivity contribution in [1.29, 1.82) is 0 Å². The van der Waals surface area contributed by atoms with Crippen molar-refractivity contribution >= 4 is 0 Å². The van der Waals surface area contributed by atoms with E-state index in [2.05, 4.69) is 6.92 Å². The molecule has 0 saturated heterocycles. The van der Waals surface area contributed by atoms with E-state index < -0.39 is 0 Å². The van der Waals surface area contributed by atoms with E-state index in [1.165, 1.54) is 0 Å². The lowest BCUT2D eigenvalue weighted by atomic mass is 9.90. The molecule has 1 unspecified atom stereocenters. The van der Waals surface area contributed by atoms with Crippen molar-refractivity contribution in [2.24, 2.45) is 5.73 Å². The molecule has 13 heavy (non-hydrogen) atoms. The van der Waals surface area contributed by atoms with E-state index >= 15 is 0 Å². The standard InChI is InChI=1S/C11H17NO/c1-4-11(2,12)9-7-5-6-8-10(9)13-3/h5-8H,4,12H2,1-3H3. The maximum absolute atomic E-state index is 6.13. The van der Waals surface area contributed by atoms with Crippen molar-refractivity contribution in [2.75, 3.05) is 7.11 Å². The van der Waals surface area contributed by atoms with Gasteiger partial charge in [-0.15, -0.1) is 0 Å². The van der Waals surface area contributed by atoms with E-state index in [4.69, 9.17) is 10.5 Å². The maximum atomic E-state index is 6.13. The maximum Gasteiger partial charge on any atom is 0.123 e. The fourth-order valence-corrected chi connectivity index (χ4v) is 1.31. The molecular weight excluding hydrogens is 162 g/mol. The number of ether oxygens (including phenoxy) is 1. The summed E-state index contributed by atoms with van der Waals surface area (Å²) in [5.41, 5.74) is 6.90. The predicted octanol–water partition coefficient (Wildman–Crippen LogP) is 2.28. The molecule has 0 spiro atoms. The lowest BCUT2D eigenvalue weighted by Gasteiger charge is -2.25. The van der Waals surface area contributed by atoms with Crippen molar-refractivity contribution in [2.45, 2.75) is 25.8 Å². The van der Waals surface area contributed by atoms with Crippen LogP contribution >= 0.6 is 0 Å². The van der Waals surface area contributed by atoms with E-state index in [9.17, 15) is 0 Å². The number of benzene rings is 1. The van der Waals surface area contributed by atoms with Crippen LogP contribution < -0.4 is 10.5 Å². The molecule has 0 bridgehead atoms. The number of nitrogens with two attached hydrogens (primary N) is 1. The van der Waals surface area contributed by atoms with Crippen LogP contribution in [0, 0.1) is 0 Å². The quantitative estimate of drug-likeness (QED) is 0.772. The summed E-state index contributed by atoms with van der Waals surface area (Å²) >= 11 is 0. The zero-order valence-electron chi connectivity index (χ0n) is 8.50. The van der Waals surface area contributed by atoms with Gasteiger partial charge >= 0.3 is 0 Å². The van der Waals surface area contributed by atoms with Gasteiger partial charge in [0.05, 0.1) is 7.11 Å². The summed E-state index contributed by atoms with van der Waals surface area (Å²) in [6.07, 6.45) is 0.896. The summed E-state index contributed by atoms with van der Waals surface area (Å²) in [6.45, 7) is 4.09. The highest BCUT2D eigenvalue weighted by Crippen LogP contribution is 2.29. The molecule has 2 nitrogen and oxygen atoms in total. The summed E-state index contributed by atoms with van der Waals surface area (Å²) in [7, 11) is 1.67. The number of para-hydroxylation sites is 1. The predicted molar refractivity (Wildman–Crippen MR) is 54.8 cm³/mol. The second-order valence-electron chi connectivity index (χ2n) is 3.47. The van der Waals surface area contributed by atoms with Crippen molar-refractivity contribution in [3.8, 4) is 5.75 Å². The van der Waals surface area contributed by atoms with E-state index in [1.54, 1.807) is 7.11 Å². The first-order valence-electron chi connectivity index (χ1n) is 4.54. The van der Waals surface area contributed by atoms with Crippen molar-refractivity contribution in [3.63, 3.8) is 0 Å². The van der Waals surface area contributed by atoms with E-state index in [0.717, 1.165) is 17.7 Å². The van der Waals surface area contributed by atoms with Gasteiger partial charge in [-0.2, -0.15) is 0 Å². The smallest absolute Gasteiger partial charge is 0.123 e. The van der Waals surface area contributed by atoms with Crippen LogP contribution in [0.3, 0.4) is 0 Å². The Bertz CT molecular complexity index is 281. The van der Waals surface area contributed by atoms with Crippen LogP contribution in [0.25, 0.3) is 0 Å². The summed E-state index contributed by atoms with van der Waals surface area (Å²) < 4.78 is 5.25. The molecule has 2 N–H and O–H groups in total. The van der Waals surface area contributed by atoms with Gasteiger partial charge in [0.15, 0.2) is 0 Å². The molecule has 0 aromatic heterocycles. The van der Waals surface area contributed by atoms with E-state index in [1.807, 2.05) is 31.2 Å². The third-order valence-corrected chi connectivity index (χ3v) is 2.46. The Balaban J connectivity index is 3.12. The van der Waals surface area contributed by atoms with Crippen molar-refractivity contribution in [1.82, 2.24) is 0 Å². The van der Waals surface area contributed by atoms with E-state index in [0.29, 0.717) is 0 Å². The fraction of sp³-hybridized carbons (Fsp3) is 0.455. The molecule has 0 fully saturated rings. The zero-order chi connectivity index (χ0) is 9.90. The topological polar surface area (TPSA) is 35.2 Å². The fourth-order valence-electron chi connectivity index (χ4n) is 1.31. The Kier molecular flexibility index (Phi) is 2.94. The number of hydrogen-bond donors (Lipinski definition) is 1. The third-order valence-electron chi connectivity index (χ3n) is 2.46. The van der Waals surface area contributed by atoms with Crippen LogP contribution in [0.4, 0.5) is 0 Å². The summed E-state index contributed by atoms with van der Waals surface area (Å²) in [5, 5.41) is 0. The van der Waals surface area contributed by atoms with Gasteiger partial charge < -0.3 is 10.5 Å². The van der Waals surface area contributed by atoms with Gasteiger partial charge in [-0.05, 0) is 19.4 Å². The summed E-state index contributed by atoms with van der Waals surface area (Å²) in [6, 6.07) is 7.89. The Morgan fingerprint density at radius 2 is 2.00 bits per heavy atom. The Morgan fingerprint density at radius 3 is 2.54 bits per heavy atom. The minimum absolute atomic E-state index is 0.299. The van der Waals surface area contributed by atoms with Crippen LogP contribution in [-0.2, 0) is 5.54 Å². The van der Waals surface area contributed by atoms with Crippen LogP contribution in [0.1, 0.15) is 25.8 Å². The molecule has 1 atom stereocenters. The lowest BCUT2D eigenvalue weighted by molar-refractivity contribution is 0.383.